The molecular formula is C21H23N3O3S. The number of anilines is 1. The summed E-state index contributed by atoms with van der Waals surface area (Å²) in [5.41, 5.74) is 2.60. The number of aromatic nitrogens is 2. The van der Waals surface area contributed by atoms with Crippen LogP contribution in [-0.2, 0) is 0 Å². The van der Waals surface area contributed by atoms with Crippen molar-refractivity contribution in [1.29, 1.82) is 0 Å². The van der Waals surface area contributed by atoms with Crippen molar-refractivity contribution < 1.29 is 14.3 Å². The van der Waals surface area contributed by atoms with Crippen LogP contribution in [0.1, 0.15) is 29.3 Å². The van der Waals surface area contributed by atoms with Crippen LogP contribution in [-0.4, -0.2) is 36.9 Å². The molecule has 28 heavy (non-hydrogen) atoms. The molecule has 1 amide bonds. The van der Waals surface area contributed by atoms with Crippen molar-refractivity contribution in [3.8, 4) is 22.1 Å². The zero-order chi connectivity index (χ0) is 20.1. The molecule has 0 fully saturated rings. The number of ether oxygens (including phenoxy) is 2. The third kappa shape index (κ3) is 3.99. The highest BCUT2D eigenvalue weighted by Crippen LogP contribution is 2.34. The van der Waals surface area contributed by atoms with Crippen molar-refractivity contribution in [3.63, 3.8) is 0 Å². The van der Waals surface area contributed by atoms with Crippen molar-refractivity contribution in [2.24, 2.45) is 0 Å². The molecule has 0 N–H and O–H groups in total. The lowest BCUT2D eigenvalue weighted by Crippen LogP contribution is -2.32. The number of rotatable bonds is 7. The van der Waals surface area contributed by atoms with Crippen molar-refractivity contribution in [3.05, 3.63) is 53.6 Å². The number of benzene rings is 2. The fourth-order valence-electron chi connectivity index (χ4n) is 2.85. The summed E-state index contributed by atoms with van der Waals surface area (Å²) in [5, 5.41) is 9.91. The van der Waals surface area contributed by atoms with Crippen LogP contribution >= 0.6 is 11.3 Å². The van der Waals surface area contributed by atoms with Crippen LogP contribution in [0.2, 0.25) is 0 Å². The standard InChI is InChI=1S/C21H23N3O3S/c1-5-13-24(20(25)16-7-6-8-17(26-3)18(16)27-4)21-23-22-19(28-21)15-11-9-14(2)10-12-15/h6-12H,5,13H2,1-4H3. The molecule has 0 atom stereocenters. The molecule has 3 aromatic rings. The van der Waals surface area contributed by atoms with Crippen molar-refractivity contribution >= 4 is 22.4 Å². The number of hydrogen-bond acceptors (Lipinski definition) is 6. The van der Waals surface area contributed by atoms with Gasteiger partial charge in [-0.3, -0.25) is 9.69 Å². The summed E-state index contributed by atoms with van der Waals surface area (Å²) in [6.07, 6.45) is 0.789. The summed E-state index contributed by atoms with van der Waals surface area (Å²) in [4.78, 5) is 14.9. The topological polar surface area (TPSA) is 64.6 Å². The zero-order valence-corrected chi connectivity index (χ0v) is 17.2. The van der Waals surface area contributed by atoms with Crippen LogP contribution in [0.3, 0.4) is 0 Å². The number of methoxy groups -OCH3 is 2. The summed E-state index contributed by atoms with van der Waals surface area (Å²) in [6.45, 7) is 4.59. The van der Waals surface area contributed by atoms with Crippen molar-refractivity contribution in [2.75, 3.05) is 25.7 Å². The fraction of sp³-hybridized carbons (Fsp3) is 0.286. The first-order valence-corrected chi connectivity index (χ1v) is 9.84. The lowest BCUT2D eigenvalue weighted by atomic mass is 10.1. The van der Waals surface area contributed by atoms with Gasteiger partial charge in [-0.15, -0.1) is 10.2 Å². The van der Waals surface area contributed by atoms with Crippen LogP contribution in [0.4, 0.5) is 5.13 Å². The summed E-state index contributed by atoms with van der Waals surface area (Å²) in [7, 11) is 3.08. The normalized spacial score (nSPS) is 10.6. The molecule has 0 saturated carbocycles. The molecule has 0 aliphatic carbocycles. The maximum atomic E-state index is 13.3. The third-order valence-electron chi connectivity index (χ3n) is 4.27. The Bertz CT molecular complexity index is 954. The molecule has 3 rings (SSSR count). The van der Waals surface area contributed by atoms with Crippen LogP contribution in [0, 0.1) is 6.92 Å². The molecule has 1 heterocycles. The minimum Gasteiger partial charge on any atom is -0.493 e. The first-order valence-electron chi connectivity index (χ1n) is 9.02. The van der Waals surface area contributed by atoms with Gasteiger partial charge in [0.2, 0.25) is 5.13 Å². The zero-order valence-electron chi connectivity index (χ0n) is 16.4. The summed E-state index contributed by atoms with van der Waals surface area (Å²) < 4.78 is 10.8. The Morgan fingerprint density at radius 3 is 2.46 bits per heavy atom. The van der Waals surface area contributed by atoms with E-state index in [-0.39, 0.29) is 5.91 Å². The number of para-hydroxylation sites is 1. The molecule has 7 heteroatoms. The molecule has 6 nitrogen and oxygen atoms in total. The van der Waals surface area contributed by atoms with Crippen molar-refractivity contribution in [1.82, 2.24) is 10.2 Å². The Hall–Kier alpha value is -2.93. The number of amides is 1. The van der Waals surface area contributed by atoms with Crippen LogP contribution < -0.4 is 14.4 Å². The second-order valence-electron chi connectivity index (χ2n) is 6.25. The fourth-order valence-corrected chi connectivity index (χ4v) is 3.72. The smallest absolute Gasteiger partial charge is 0.264 e. The predicted octanol–water partition coefficient (Wildman–Crippen LogP) is 4.59. The molecule has 1 aromatic heterocycles. The maximum absolute atomic E-state index is 13.3. The third-order valence-corrected chi connectivity index (χ3v) is 5.26. The molecular weight excluding hydrogens is 374 g/mol. The molecule has 0 radical (unpaired) electrons. The number of carbonyl (C=O) groups excluding carboxylic acids is 1. The molecule has 0 unspecified atom stereocenters. The van der Waals surface area contributed by atoms with Gasteiger partial charge in [-0.25, -0.2) is 0 Å². The van der Waals surface area contributed by atoms with Gasteiger partial charge in [0.25, 0.3) is 5.91 Å². The van der Waals surface area contributed by atoms with Gasteiger partial charge in [0.05, 0.1) is 19.8 Å². The van der Waals surface area contributed by atoms with Gasteiger partial charge in [0, 0.05) is 12.1 Å². The molecule has 2 aromatic carbocycles. The largest absolute Gasteiger partial charge is 0.493 e. The Morgan fingerprint density at radius 2 is 1.82 bits per heavy atom. The second-order valence-corrected chi connectivity index (χ2v) is 7.21. The van der Waals surface area contributed by atoms with E-state index in [1.165, 1.54) is 24.0 Å². The van der Waals surface area contributed by atoms with Gasteiger partial charge in [0.1, 0.15) is 5.01 Å². The van der Waals surface area contributed by atoms with Gasteiger partial charge in [-0.05, 0) is 25.5 Å². The van der Waals surface area contributed by atoms with Crippen molar-refractivity contribution in [2.45, 2.75) is 20.3 Å². The van der Waals surface area contributed by atoms with Gasteiger partial charge < -0.3 is 9.47 Å². The van der Waals surface area contributed by atoms with Crippen LogP contribution in [0.5, 0.6) is 11.5 Å². The Kier molecular flexibility index (Phi) is 6.26. The number of nitrogens with zero attached hydrogens (tertiary/aromatic N) is 3. The van der Waals surface area contributed by atoms with Crippen LogP contribution in [0.25, 0.3) is 10.6 Å². The van der Waals surface area contributed by atoms with Gasteiger partial charge in [-0.2, -0.15) is 0 Å². The SMILES string of the molecule is CCCN(C(=O)c1cccc(OC)c1OC)c1nnc(-c2ccc(C)cc2)s1. The monoisotopic (exact) mass is 397 g/mol. The van der Waals surface area contributed by atoms with Gasteiger partial charge in [-0.1, -0.05) is 54.2 Å². The Labute approximate surface area is 168 Å². The minimum atomic E-state index is -0.191. The van der Waals surface area contributed by atoms with E-state index in [1.807, 2.05) is 38.1 Å². The first-order chi connectivity index (χ1) is 13.6. The summed E-state index contributed by atoms with van der Waals surface area (Å²) in [5.74, 6) is 0.742. The van der Waals surface area contributed by atoms with E-state index in [9.17, 15) is 4.79 Å². The maximum Gasteiger partial charge on any atom is 0.264 e. The van der Waals surface area contributed by atoms with E-state index in [0.29, 0.717) is 28.7 Å². The van der Waals surface area contributed by atoms with Gasteiger partial charge in [0.15, 0.2) is 11.5 Å². The first kappa shape index (κ1) is 19.8. The Balaban J connectivity index is 1.96. The van der Waals surface area contributed by atoms with E-state index >= 15 is 0 Å². The number of carbonyl (C=O) groups is 1. The Morgan fingerprint density at radius 1 is 1.07 bits per heavy atom. The van der Waals surface area contributed by atoms with E-state index in [2.05, 4.69) is 10.2 Å². The average molecular weight is 398 g/mol. The lowest BCUT2D eigenvalue weighted by molar-refractivity contribution is 0.0983. The molecule has 0 aliphatic rings. The second kappa shape index (κ2) is 8.84. The molecule has 146 valence electrons. The molecule has 0 aliphatic heterocycles. The van der Waals surface area contributed by atoms with Crippen LogP contribution in [0.15, 0.2) is 42.5 Å². The molecule has 0 spiro atoms. The van der Waals surface area contributed by atoms with E-state index in [0.717, 1.165) is 17.0 Å². The minimum absolute atomic E-state index is 0.191. The summed E-state index contributed by atoms with van der Waals surface area (Å²) >= 11 is 1.40. The van der Waals surface area contributed by atoms with Gasteiger partial charge >= 0.3 is 0 Å². The average Bonchev–Trinajstić information content (AvgIpc) is 3.21. The van der Waals surface area contributed by atoms with E-state index in [4.69, 9.17) is 9.47 Å². The lowest BCUT2D eigenvalue weighted by Gasteiger charge is -2.20. The van der Waals surface area contributed by atoms with E-state index < -0.39 is 0 Å². The highest BCUT2D eigenvalue weighted by molar-refractivity contribution is 7.18. The molecule has 0 bridgehead atoms. The number of hydrogen-bond donors (Lipinski definition) is 0. The highest BCUT2D eigenvalue weighted by atomic mass is 32.1. The summed E-state index contributed by atoms with van der Waals surface area (Å²) in [6, 6.07) is 13.4. The molecule has 0 saturated heterocycles. The highest BCUT2D eigenvalue weighted by Gasteiger charge is 2.25. The quantitative estimate of drug-likeness (QED) is 0.583. The predicted molar refractivity (Wildman–Crippen MR) is 112 cm³/mol. The number of aryl methyl sites for hydroxylation is 1. The van der Waals surface area contributed by atoms with E-state index in [1.54, 1.807) is 30.2 Å².